The van der Waals surface area contributed by atoms with Crippen LogP contribution in [0.15, 0.2) is 48.5 Å². The van der Waals surface area contributed by atoms with Gasteiger partial charge in [0.1, 0.15) is 11.5 Å². The molecule has 6 nitrogen and oxygen atoms in total. The van der Waals surface area contributed by atoms with Gasteiger partial charge in [-0.05, 0) is 61.4 Å². The zero-order chi connectivity index (χ0) is 23.0. The first-order chi connectivity index (χ1) is 15.6. The van der Waals surface area contributed by atoms with Crippen LogP contribution in [-0.4, -0.2) is 39.1 Å². The molecule has 2 N–H and O–H groups in total. The molecule has 0 saturated heterocycles. The standard InChI is InChI=1S/C26H36N2O4/c1-31-23-15-11-21(12-16-23)25(29)27-19-9-7-5-3-4-6-8-10-20-28-26(30)22-13-17-24(32-2)18-14-22/h11-18H,3-10,19-20H2,1-2H3,(H,27,29)(H,28,30). The third-order valence-electron chi connectivity index (χ3n) is 5.38. The summed E-state index contributed by atoms with van der Waals surface area (Å²) in [5.74, 6) is 1.43. The van der Waals surface area contributed by atoms with Crippen LogP contribution in [-0.2, 0) is 0 Å². The van der Waals surface area contributed by atoms with E-state index in [0.717, 1.165) is 37.2 Å². The van der Waals surface area contributed by atoms with E-state index in [1.807, 2.05) is 0 Å². The molecule has 2 rings (SSSR count). The maximum atomic E-state index is 12.1. The highest BCUT2D eigenvalue weighted by molar-refractivity contribution is 5.94. The fraction of sp³-hybridized carbons (Fsp3) is 0.462. The van der Waals surface area contributed by atoms with E-state index in [1.165, 1.54) is 25.7 Å². The summed E-state index contributed by atoms with van der Waals surface area (Å²) in [7, 11) is 3.22. The fourth-order valence-electron chi connectivity index (χ4n) is 3.40. The third kappa shape index (κ3) is 9.41. The molecule has 0 aromatic heterocycles. The van der Waals surface area contributed by atoms with Crippen molar-refractivity contribution in [3.8, 4) is 11.5 Å². The normalized spacial score (nSPS) is 10.4. The van der Waals surface area contributed by atoms with Gasteiger partial charge >= 0.3 is 0 Å². The van der Waals surface area contributed by atoms with Crippen molar-refractivity contribution in [1.29, 1.82) is 0 Å². The molecule has 174 valence electrons. The minimum Gasteiger partial charge on any atom is -0.497 e. The number of hydrogen-bond acceptors (Lipinski definition) is 4. The van der Waals surface area contributed by atoms with Crippen LogP contribution in [0, 0.1) is 0 Å². The summed E-state index contributed by atoms with van der Waals surface area (Å²) in [6.45, 7) is 1.41. The Morgan fingerprint density at radius 2 is 0.875 bits per heavy atom. The molecule has 0 fully saturated rings. The highest BCUT2D eigenvalue weighted by Gasteiger charge is 2.05. The predicted molar refractivity (Wildman–Crippen MR) is 128 cm³/mol. The molecule has 2 aromatic carbocycles. The summed E-state index contributed by atoms with van der Waals surface area (Å²) >= 11 is 0. The number of nitrogens with one attached hydrogen (secondary N) is 2. The number of carbonyl (C=O) groups is 2. The average Bonchev–Trinajstić information content (AvgIpc) is 2.84. The van der Waals surface area contributed by atoms with E-state index >= 15 is 0 Å². The molecule has 0 atom stereocenters. The number of unbranched alkanes of at least 4 members (excludes halogenated alkanes) is 7. The maximum absolute atomic E-state index is 12.1. The van der Waals surface area contributed by atoms with Crippen molar-refractivity contribution in [2.45, 2.75) is 51.4 Å². The topological polar surface area (TPSA) is 76.7 Å². The molecule has 0 bridgehead atoms. The SMILES string of the molecule is COc1ccc(C(=O)NCCCCCCCCCCNC(=O)c2ccc(OC)cc2)cc1. The quantitative estimate of drug-likeness (QED) is 0.383. The second-order valence-electron chi connectivity index (χ2n) is 7.80. The Hall–Kier alpha value is -3.02. The molecular formula is C26H36N2O4. The van der Waals surface area contributed by atoms with Crippen LogP contribution in [0.25, 0.3) is 0 Å². The second kappa shape index (κ2) is 14.9. The van der Waals surface area contributed by atoms with Crippen LogP contribution in [0.5, 0.6) is 11.5 Å². The van der Waals surface area contributed by atoms with Gasteiger partial charge in [-0.15, -0.1) is 0 Å². The molecule has 0 radical (unpaired) electrons. The van der Waals surface area contributed by atoms with Gasteiger partial charge in [-0.3, -0.25) is 9.59 Å². The Balaban J connectivity index is 1.40. The average molecular weight is 441 g/mol. The zero-order valence-corrected chi connectivity index (χ0v) is 19.3. The first kappa shape index (κ1) is 25.2. The summed E-state index contributed by atoms with van der Waals surface area (Å²) in [5.41, 5.74) is 1.32. The molecule has 6 heteroatoms. The highest BCUT2D eigenvalue weighted by atomic mass is 16.5. The Bertz CT molecular complexity index is 734. The number of rotatable bonds is 15. The molecule has 2 amide bonds. The summed E-state index contributed by atoms with van der Waals surface area (Å²) in [6.07, 6.45) is 9.05. The summed E-state index contributed by atoms with van der Waals surface area (Å²) in [6, 6.07) is 14.3. The third-order valence-corrected chi connectivity index (χ3v) is 5.38. The van der Waals surface area contributed by atoms with E-state index in [-0.39, 0.29) is 11.8 Å². The number of amides is 2. The Labute approximate surface area is 191 Å². The summed E-state index contributed by atoms with van der Waals surface area (Å²) in [4.78, 5) is 24.1. The van der Waals surface area contributed by atoms with E-state index in [4.69, 9.17) is 9.47 Å². The molecule has 0 unspecified atom stereocenters. The highest BCUT2D eigenvalue weighted by Crippen LogP contribution is 2.12. The Morgan fingerprint density at radius 1 is 0.562 bits per heavy atom. The summed E-state index contributed by atoms with van der Waals surface area (Å²) < 4.78 is 10.2. The Kier molecular flexibility index (Phi) is 11.7. The number of ether oxygens (including phenoxy) is 2. The monoisotopic (exact) mass is 440 g/mol. The lowest BCUT2D eigenvalue weighted by molar-refractivity contribution is 0.0944. The minimum absolute atomic E-state index is 0.0354. The van der Waals surface area contributed by atoms with Gasteiger partial charge in [0.15, 0.2) is 0 Å². The number of methoxy groups -OCH3 is 2. The van der Waals surface area contributed by atoms with Crippen molar-refractivity contribution in [1.82, 2.24) is 10.6 Å². The van der Waals surface area contributed by atoms with Gasteiger partial charge in [0.25, 0.3) is 11.8 Å². The second-order valence-corrected chi connectivity index (χ2v) is 7.80. The van der Waals surface area contributed by atoms with Gasteiger partial charge in [0.2, 0.25) is 0 Å². The van der Waals surface area contributed by atoms with Crippen molar-refractivity contribution in [3.63, 3.8) is 0 Å². The summed E-state index contributed by atoms with van der Waals surface area (Å²) in [5, 5.41) is 5.94. The largest absolute Gasteiger partial charge is 0.497 e. The van der Waals surface area contributed by atoms with E-state index < -0.39 is 0 Å². The molecule has 0 aliphatic rings. The van der Waals surface area contributed by atoms with E-state index in [9.17, 15) is 9.59 Å². The van der Waals surface area contributed by atoms with Crippen molar-refractivity contribution >= 4 is 11.8 Å². The van der Waals surface area contributed by atoms with Crippen LogP contribution in [0.3, 0.4) is 0 Å². The van der Waals surface area contributed by atoms with Gasteiger partial charge in [-0.1, -0.05) is 38.5 Å². The predicted octanol–water partition coefficient (Wildman–Crippen LogP) is 4.98. The van der Waals surface area contributed by atoms with Crippen LogP contribution >= 0.6 is 0 Å². The lowest BCUT2D eigenvalue weighted by Crippen LogP contribution is -2.24. The van der Waals surface area contributed by atoms with E-state index in [1.54, 1.807) is 62.8 Å². The molecule has 2 aromatic rings. The van der Waals surface area contributed by atoms with Gasteiger partial charge < -0.3 is 20.1 Å². The van der Waals surface area contributed by atoms with Crippen molar-refractivity contribution in [2.24, 2.45) is 0 Å². The number of benzene rings is 2. The van der Waals surface area contributed by atoms with Gasteiger partial charge in [-0.25, -0.2) is 0 Å². The molecule has 0 aliphatic carbocycles. The van der Waals surface area contributed by atoms with Crippen molar-refractivity contribution in [3.05, 3.63) is 59.7 Å². The van der Waals surface area contributed by atoms with E-state index in [0.29, 0.717) is 24.2 Å². The fourth-order valence-corrected chi connectivity index (χ4v) is 3.40. The smallest absolute Gasteiger partial charge is 0.251 e. The van der Waals surface area contributed by atoms with Crippen molar-refractivity contribution in [2.75, 3.05) is 27.3 Å². The van der Waals surface area contributed by atoms with Crippen LogP contribution < -0.4 is 20.1 Å². The van der Waals surface area contributed by atoms with Crippen LogP contribution in [0.2, 0.25) is 0 Å². The number of hydrogen-bond donors (Lipinski definition) is 2. The lowest BCUT2D eigenvalue weighted by Gasteiger charge is -2.07. The van der Waals surface area contributed by atoms with Gasteiger partial charge in [-0.2, -0.15) is 0 Å². The first-order valence-corrected chi connectivity index (χ1v) is 11.5. The molecule has 0 spiro atoms. The number of carbonyl (C=O) groups excluding carboxylic acids is 2. The van der Waals surface area contributed by atoms with Gasteiger partial charge in [0.05, 0.1) is 14.2 Å². The van der Waals surface area contributed by atoms with E-state index in [2.05, 4.69) is 10.6 Å². The molecule has 0 heterocycles. The molecule has 0 saturated carbocycles. The maximum Gasteiger partial charge on any atom is 0.251 e. The molecule has 0 aliphatic heterocycles. The molecular weight excluding hydrogens is 404 g/mol. The van der Waals surface area contributed by atoms with Crippen LogP contribution in [0.1, 0.15) is 72.1 Å². The molecule has 32 heavy (non-hydrogen) atoms. The lowest BCUT2D eigenvalue weighted by atomic mass is 10.1. The van der Waals surface area contributed by atoms with Gasteiger partial charge in [0, 0.05) is 24.2 Å². The van der Waals surface area contributed by atoms with Crippen molar-refractivity contribution < 1.29 is 19.1 Å². The first-order valence-electron chi connectivity index (χ1n) is 11.5. The zero-order valence-electron chi connectivity index (χ0n) is 19.3. The minimum atomic E-state index is -0.0354. The van der Waals surface area contributed by atoms with Crippen LogP contribution in [0.4, 0.5) is 0 Å². The Morgan fingerprint density at radius 3 is 1.19 bits per heavy atom.